The lowest BCUT2D eigenvalue weighted by Crippen LogP contribution is -2.38. The van der Waals surface area contributed by atoms with E-state index >= 15 is 0 Å². The molecule has 1 unspecified atom stereocenters. The van der Waals surface area contributed by atoms with Crippen LogP contribution in [0.4, 0.5) is 10.1 Å². The van der Waals surface area contributed by atoms with Gasteiger partial charge in [0.25, 0.3) is 16.8 Å². The summed E-state index contributed by atoms with van der Waals surface area (Å²) in [6.07, 6.45) is 0. The molecule has 12 nitrogen and oxygen atoms in total. The summed E-state index contributed by atoms with van der Waals surface area (Å²) in [5, 5.41) is 25.8. The number of aromatic nitrogens is 4. The molecule has 6 rings (SSSR count). The lowest BCUT2D eigenvalue weighted by molar-refractivity contribution is -0.384. The fraction of sp³-hybridized carbons (Fsp3) is 0.0714. The summed E-state index contributed by atoms with van der Waals surface area (Å²) in [6.45, 7) is 1.65. The maximum atomic E-state index is 13.9. The Labute approximate surface area is 229 Å². The van der Waals surface area contributed by atoms with Crippen LogP contribution in [0.5, 0.6) is 11.6 Å². The number of nitriles is 1. The zero-order valence-electron chi connectivity index (χ0n) is 21.2. The number of fused-ring (bicyclic) bond motifs is 2. The zero-order valence-corrected chi connectivity index (χ0v) is 21.2. The second-order valence-corrected chi connectivity index (χ2v) is 9.17. The van der Waals surface area contributed by atoms with Crippen LogP contribution < -0.4 is 21.6 Å². The van der Waals surface area contributed by atoms with Crippen LogP contribution >= 0.6 is 0 Å². The Morgan fingerprint density at radius 1 is 1.05 bits per heavy atom. The van der Waals surface area contributed by atoms with Gasteiger partial charge in [0.1, 0.15) is 35.1 Å². The fourth-order valence-electron chi connectivity index (χ4n) is 4.94. The Balaban J connectivity index is 1.67. The van der Waals surface area contributed by atoms with Crippen molar-refractivity contribution >= 4 is 22.3 Å². The van der Waals surface area contributed by atoms with Crippen LogP contribution in [0.2, 0.25) is 0 Å². The third kappa shape index (κ3) is 3.85. The van der Waals surface area contributed by atoms with Gasteiger partial charge in [-0.1, -0.05) is 18.2 Å². The number of non-ortho nitro benzene ring substituents is 1. The van der Waals surface area contributed by atoms with Gasteiger partial charge >= 0.3 is 0 Å². The van der Waals surface area contributed by atoms with E-state index in [0.717, 1.165) is 21.5 Å². The normalized spacial score (nSPS) is 14.2. The molecule has 0 spiro atoms. The van der Waals surface area contributed by atoms with E-state index in [2.05, 4.69) is 5.10 Å². The first-order chi connectivity index (χ1) is 19.7. The van der Waals surface area contributed by atoms with Gasteiger partial charge in [0.2, 0.25) is 5.88 Å². The van der Waals surface area contributed by atoms with Crippen LogP contribution in [0.3, 0.4) is 0 Å². The monoisotopic (exact) mass is 551 g/mol. The lowest BCUT2D eigenvalue weighted by atomic mass is 10.0. The highest BCUT2D eigenvalue weighted by atomic mass is 19.1. The summed E-state index contributed by atoms with van der Waals surface area (Å²) in [7, 11) is 0. The summed E-state index contributed by atoms with van der Waals surface area (Å²) in [4.78, 5) is 38.1. The fourth-order valence-corrected chi connectivity index (χ4v) is 4.94. The summed E-state index contributed by atoms with van der Waals surface area (Å²) in [6, 6.07) is 18.2. The van der Waals surface area contributed by atoms with Crippen LogP contribution in [-0.2, 0) is 0 Å². The molecular formula is C28H18FN7O5. The Bertz CT molecular complexity index is 2090. The van der Waals surface area contributed by atoms with Gasteiger partial charge in [0, 0.05) is 12.1 Å². The number of halogens is 1. The average Bonchev–Trinajstić information content (AvgIpc) is 3.45. The SMILES string of the molecule is Cc1nn(-c2ccccc2)c(Oc2ccc(F)cc2)c1C1C(C#N)=C(N)n2c(=O)c3cc([N+](=O)[O-])ccc3c(=O)n21. The Morgan fingerprint density at radius 2 is 1.76 bits per heavy atom. The molecule has 1 atom stereocenters. The number of para-hydroxylation sites is 1. The highest BCUT2D eigenvalue weighted by Crippen LogP contribution is 2.42. The molecular weight excluding hydrogens is 533 g/mol. The zero-order chi connectivity index (χ0) is 29.0. The lowest BCUT2D eigenvalue weighted by Gasteiger charge is -2.18. The van der Waals surface area contributed by atoms with Crippen molar-refractivity contribution < 1.29 is 14.1 Å². The summed E-state index contributed by atoms with van der Waals surface area (Å²) in [5.74, 6) is -0.445. The first-order valence-electron chi connectivity index (χ1n) is 12.2. The van der Waals surface area contributed by atoms with Crippen molar-refractivity contribution in [2.45, 2.75) is 13.0 Å². The molecule has 0 saturated carbocycles. The minimum Gasteiger partial charge on any atom is -0.439 e. The number of allylic oxidation sites excluding steroid dienone is 1. The smallest absolute Gasteiger partial charge is 0.279 e. The molecule has 0 aliphatic carbocycles. The van der Waals surface area contributed by atoms with Crippen molar-refractivity contribution in [3.8, 4) is 23.4 Å². The second-order valence-electron chi connectivity index (χ2n) is 9.17. The molecule has 41 heavy (non-hydrogen) atoms. The quantitative estimate of drug-likeness (QED) is 0.255. The Morgan fingerprint density at radius 3 is 2.41 bits per heavy atom. The van der Waals surface area contributed by atoms with Crippen LogP contribution in [0.25, 0.3) is 22.3 Å². The van der Waals surface area contributed by atoms with Crippen molar-refractivity contribution in [1.29, 1.82) is 5.26 Å². The molecule has 202 valence electrons. The van der Waals surface area contributed by atoms with Crippen molar-refractivity contribution in [2.75, 3.05) is 0 Å². The number of hydrogen-bond donors (Lipinski definition) is 1. The largest absolute Gasteiger partial charge is 0.439 e. The van der Waals surface area contributed by atoms with E-state index in [1.165, 1.54) is 35.0 Å². The third-order valence-electron chi connectivity index (χ3n) is 6.80. The molecule has 1 aliphatic heterocycles. The molecule has 0 bridgehead atoms. The molecule has 13 heteroatoms. The van der Waals surface area contributed by atoms with E-state index in [0.29, 0.717) is 11.4 Å². The van der Waals surface area contributed by atoms with E-state index in [4.69, 9.17) is 10.5 Å². The molecule has 0 fully saturated rings. The van der Waals surface area contributed by atoms with Crippen molar-refractivity contribution in [1.82, 2.24) is 19.1 Å². The van der Waals surface area contributed by atoms with Crippen LogP contribution in [0.15, 0.2) is 88.0 Å². The van der Waals surface area contributed by atoms with E-state index < -0.39 is 27.9 Å². The number of rotatable bonds is 5. The predicted octanol–water partition coefficient (Wildman–Crippen LogP) is 3.75. The number of nitrogens with zero attached hydrogens (tertiary/aromatic N) is 6. The van der Waals surface area contributed by atoms with Gasteiger partial charge in [0.15, 0.2) is 0 Å². The number of aryl methyl sites for hydroxylation is 1. The molecule has 3 aromatic carbocycles. The standard InChI is InChI=1S/C28H18FN7O5/c1-15-23(28(41-19-10-7-16(29)8-11-19)33(32-15)17-5-3-2-4-6-17)24-22(14-30)25(31)35-27(38)21-13-18(36(39)40)9-12-20(21)26(37)34(24)35/h2-13,24H,31H2,1H3. The average molecular weight is 551 g/mol. The minimum atomic E-state index is -1.24. The highest BCUT2D eigenvalue weighted by Gasteiger charge is 2.40. The van der Waals surface area contributed by atoms with Gasteiger partial charge in [-0.25, -0.2) is 13.8 Å². The van der Waals surface area contributed by atoms with Crippen molar-refractivity contribution in [2.24, 2.45) is 5.73 Å². The van der Waals surface area contributed by atoms with E-state index in [-0.39, 0.29) is 45.0 Å². The summed E-state index contributed by atoms with van der Waals surface area (Å²) < 4.78 is 23.2. The molecule has 0 saturated heterocycles. The van der Waals surface area contributed by atoms with Gasteiger partial charge in [-0.15, -0.1) is 0 Å². The first kappa shape index (κ1) is 25.3. The Kier molecular flexibility index (Phi) is 5.74. The molecule has 2 aromatic heterocycles. The number of hydrogen-bond acceptors (Lipinski definition) is 8. The topological polar surface area (TPSA) is 164 Å². The van der Waals surface area contributed by atoms with E-state index in [1.807, 2.05) is 12.1 Å². The number of ether oxygens (including phenoxy) is 1. The summed E-state index contributed by atoms with van der Waals surface area (Å²) >= 11 is 0. The number of nitro groups is 1. The van der Waals surface area contributed by atoms with Gasteiger partial charge < -0.3 is 10.5 Å². The number of benzene rings is 3. The van der Waals surface area contributed by atoms with Crippen LogP contribution in [0, 0.1) is 34.2 Å². The second kappa shape index (κ2) is 9.31. The van der Waals surface area contributed by atoms with Gasteiger partial charge in [-0.05, 0) is 49.4 Å². The van der Waals surface area contributed by atoms with Gasteiger partial charge in [0.05, 0.1) is 32.6 Å². The first-order valence-corrected chi connectivity index (χ1v) is 12.2. The number of nitro benzene ring substituents is 1. The van der Waals surface area contributed by atoms with Crippen molar-refractivity contribution in [3.05, 3.63) is 126 Å². The van der Waals surface area contributed by atoms with Crippen LogP contribution in [-0.4, -0.2) is 24.1 Å². The maximum absolute atomic E-state index is 13.9. The maximum Gasteiger partial charge on any atom is 0.279 e. The Hall–Kier alpha value is -6.03. The van der Waals surface area contributed by atoms with Gasteiger partial charge in [-0.2, -0.15) is 15.0 Å². The molecule has 0 amide bonds. The van der Waals surface area contributed by atoms with E-state index in [9.17, 15) is 29.4 Å². The van der Waals surface area contributed by atoms with E-state index in [1.54, 1.807) is 31.2 Å². The van der Waals surface area contributed by atoms with Crippen LogP contribution in [0.1, 0.15) is 17.3 Å². The minimum absolute atomic E-state index is 0.0945. The highest BCUT2D eigenvalue weighted by molar-refractivity contribution is 5.84. The van der Waals surface area contributed by atoms with Gasteiger partial charge in [-0.3, -0.25) is 19.7 Å². The van der Waals surface area contributed by atoms with Crippen molar-refractivity contribution in [3.63, 3.8) is 0 Å². The number of nitrogens with two attached hydrogens (primary N) is 1. The molecule has 0 radical (unpaired) electrons. The molecule has 3 heterocycles. The summed E-state index contributed by atoms with van der Waals surface area (Å²) in [5.41, 5.74) is 5.45. The third-order valence-corrected chi connectivity index (χ3v) is 6.80. The molecule has 2 N–H and O–H groups in total. The predicted molar refractivity (Wildman–Crippen MR) is 145 cm³/mol. The molecule has 1 aliphatic rings. The molecule has 5 aromatic rings.